The monoisotopic (exact) mass is 965 g/mol. The Morgan fingerprint density at radius 2 is 0.565 bits per heavy atom. The Bertz CT molecular complexity index is 1250. The molecule has 0 aromatic carbocycles. The minimum Gasteiger partial charge on any atom is -0.462 e. The van der Waals surface area contributed by atoms with E-state index in [9.17, 15) is 14.4 Å². The van der Waals surface area contributed by atoms with Gasteiger partial charge >= 0.3 is 17.9 Å². The maximum absolute atomic E-state index is 12.8. The first-order valence-corrected chi connectivity index (χ1v) is 29.8. The quantitative estimate of drug-likeness (QED) is 0.0262. The SMILES string of the molecule is CC/C=C\C/C=C\C/C=C\C/C=C\CCCCC(=O)OC(COC(=O)CCCCCCCCCCCCC/C=C\CCCCCCCCCC)COC(=O)CCCCCCCCCCCCCCC. The van der Waals surface area contributed by atoms with Crippen molar-refractivity contribution in [2.75, 3.05) is 13.2 Å². The van der Waals surface area contributed by atoms with Gasteiger partial charge in [0.1, 0.15) is 13.2 Å². The standard InChI is InChI=1S/C63H112O6/c1-4-7-10-13-16-19-22-25-27-28-29-30-31-32-33-34-36-38-41-44-47-50-53-56-62(65)68-59-60(58-67-61(64)55-52-49-46-43-40-37-24-21-18-15-12-9-6-3)69-63(66)57-54-51-48-45-42-39-35-26-23-20-17-14-11-8-5-2/h8,11,17,20,26,28-29,35,42,45,60H,4-7,9-10,12-16,18-19,21-25,27,30-34,36-41,43-44,46-59H2,1-3H3/b11-8-,20-17-,29-28-,35-26-,45-42-. The summed E-state index contributed by atoms with van der Waals surface area (Å²) in [6, 6.07) is 0. The summed E-state index contributed by atoms with van der Waals surface area (Å²) in [6.07, 6.45) is 72.3. The topological polar surface area (TPSA) is 78.9 Å². The zero-order chi connectivity index (χ0) is 50.0. The van der Waals surface area contributed by atoms with Gasteiger partial charge in [-0.3, -0.25) is 14.4 Å². The molecule has 69 heavy (non-hydrogen) atoms. The van der Waals surface area contributed by atoms with E-state index in [-0.39, 0.29) is 37.5 Å². The molecule has 0 fully saturated rings. The minimum absolute atomic E-state index is 0.0883. The van der Waals surface area contributed by atoms with Crippen LogP contribution in [-0.2, 0) is 28.6 Å². The molecule has 1 unspecified atom stereocenters. The average Bonchev–Trinajstić information content (AvgIpc) is 3.35. The summed E-state index contributed by atoms with van der Waals surface area (Å²) in [7, 11) is 0. The molecule has 6 nitrogen and oxygen atoms in total. The number of rotatable bonds is 54. The number of ether oxygens (including phenoxy) is 3. The van der Waals surface area contributed by atoms with Crippen LogP contribution in [0.15, 0.2) is 60.8 Å². The molecule has 0 aliphatic rings. The Balaban J connectivity index is 4.32. The van der Waals surface area contributed by atoms with E-state index in [0.717, 1.165) is 77.0 Å². The van der Waals surface area contributed by atoms with E-state index in [1.807, 2.05) is 0 Å². The molecule has 0 aromatic rings. The number of allylic oxidation sites excluding steroid dienone is 10. The van der Waals surface area contributed by atoms with E-state index in [1.165, 1.54) is 180 Å². The lowest BCUT2D eigenvalue weighted by atomic mass is 10.0. The first kappa shape index (κ1) is 66.1. The van der Waals surface area contributed by atoms with Crippen molar-refractivity contribution in [2.24, 2.45) is 0 Å². The molecule has 0 rings (SSSR count). The highest BCUT2D eigenvalue weighted by molar-refractivity contribution is 5.71. The van der Waals surface area contributed by atoms with Gasteiger partial charge in [0.25, 0.3) is 0 Å². The molecule has 0 radical (unpaired) electrons. The molecule has 400 valence electrons. The first-order valence-electron chi connectivity index (χ1n) is 29.8. The highest BCUT2D eigenvalue weighted by Crippen LogP contribution is 2.16. The molecule has 0 bridgehead atoms. The van der Waals surface area contributed by atoms with Gasteiger partial charge in [-0.2, -0.15) is 0 Å². The number of hydrogen-bond acceptors (Lipinski definition) is 6. The van der Waals surface area contributed by atoms with E-state index in [0.29, 0.717) is 19.3 Å². The molecule has 0 aromatic heterocycles. The summed E-state index contributed by atoms with van der Waals surface area (Å²) in [5.41, 5.74) is 0. The Morgan fingerprint density at radius 1 is 0.304 bits per heavy atom. The normalized spacial score (nSPS) is 12.4. The van der Waals surface area contributed by atoms with Crippen LogP contribution < -0.4 is 0 Å². The molecular formula is C63H112O6. The van der Waals surface area contributed by atoms with Gasteiger partial charge < -0.3 is 14.2 Å². The zero-order valence-corrected chi connectivity index (χ0v) is 45.8. The summed E-state index contributed by atoms with van der Waals surface area (Å²) < 4.78 is 16.8. The zero-order valence-electron chi connectivity index (χ0n) is 45.8. The smallest absolute Gasteiger partial charge is 0.306 e. The third-order valence-electron chi connectivity index (χ3n) is 13.0. The Hall–Kier alpha value is -2.89. The highest BCUT2D eigenvalue weighted by atomic mass is 16.6. The van der Waals surface area contributed by atoms with Crippen molar-refractivity contribution < 1.29 is 28.6 Å². The van der Waals surface area contributed by atoms with Crippen LogP contribution in [0.25, 0.3) is 0 Å². The van der Waals surface area contributed by atoms with Crippen molar-refractivity contribution in [2.45, 2.75) is 309 Å². The molecular weight excluding hydrogens is 853 g/mol. The molecule has 6 heteroatoms. The Kier molecular flexibility index (Phi) is 55.3. The van der Waals surface area contributed by atoms with E-state index in [2.05, 4.69) is 81.5 Å². The third kappa shape index (κ3) is 55.9. The fourth-order valence-electron chi connectivity index (χ4n) is 8.55. The van der Waals surface area contributed by atoms with Crippen LogP contribution in [0, 0.1) is 0 Å². The van der Waals surface area contributed by atoms with Gasteiger partial charge in [0, 0.05) is 19.3 Å². The van der Waals surface area contributed by atoms with Gasteiger partial charge in [0.05, 0.1) is 0 Å². The third-order valence-corrected chi connectivity index (χ3v) is 13.0. The number of carbonyl (C=O) groups is 3. The highest BCUT2D eigenvalue weighted by Gasteiger charge is 2.19. The Morgan fingerprint density at radius 3 is 0.928 bits per heavy atom. The summed E-state index contributed by atoms with van der Waals surface area (Å²) >= 11 is 0. The van der Waals surface area contributed by atoms with Crippen LogP contribution in [0.4, 0.5) is 0 Å². The molecule has 0 spiro atoms. The minimum atomic E-state index is -0.794. The van der Waals surface area contributed by atoms with Crippen LogP contribution in [-0.4, -0.2) is 37.2 Å². The summed E-state index contributed by atoms with van der Waals surface area (Å²) in [5.74, 6) is -0.918. The van der Waals surface area contributed by atoms with Gasteiger partial charge in [0.15, 0.2) is 6.10 Å². The molecule has 0 aliphatic carbocycles. The number of esters is 3. The molecule has 1 atom stereocenters. The molecule has 0 saturated carbocycles. The predicted molar refractivity (Wildman–Crippen MR) is 298 cm³/mol. The van der Waals surface area contributed by atoms with Crippen molar-refractivity contribution in [3.05, 3.63) is 60.8 Å². The summed E-state index contributed by atoms with van der Waals surface area (Å²) in [4.78, 5) is 38.1. The molecule has 0 saturated heterocycles. The van der Waals surface area contributed by atoms with Crippen molar-refractivity contribution in [3.8, 4) is 0 Å². The first-order chi connectivity index (χ1) is 34.0. The van der Waals surface area contributed by atoms with Crippen molar-refractivity contribution in [3.63, 3.8) is 0 Å². The van der Waals surface area contributed by atoms with Gasteiger partial charge in [-0.05, 0) is 83.5 Å². The second kappa shape index (κ2) is 57.7. The van der Waals surface area contributed by atoms with Crippen LogP contribution >= 0.6 is 0 Å². The van der Waals surface area contributed by atoms with Crippen LogP contribution in [0.3, 0.4) is 0 Å². The molecule has 0 amide bonds. The fraction of sp³-hybridized carbons (Fsp3) is 0.794. The van der Waals surface area contributed by atoms with Crippen LogP contribution in [0.1, 0.15) is 303 Å². The lowest BCUT2D eigenvalue weighted by molar-refractivity contribution is -0.167. The number of unbranched alkanes of at least 4 members (excludes halogenated alkanes) is 33. The second-order valence-electron chi connectivity index (χ2n) is 19.9. The van der Waals surface area contributed by atoms with E-state index in [4.69, 9.17) is 14.2 Å². The van der Waals surface area contributed by atoms with Gasteiger partial charge in [-0.1, -0.05) is 261 Å². The van der Waals surface area contributed by atoms with E-state index < -0.39 is 6.10 Å². The lowest BCUT2D eigenvalue weighted by Crippen LogP contribution is -2.30. The molecule has 0 aliphatic heterocycles. The largest absolute Gasteiger partial charge is 0.462 e. The number of carbonyl (C=O) groups excluding carboxylic acids is 3. The second-order valence-corrected chi connectivity index (χ2v) is 19.9. The fourth-order valence-corrected chi connectivity index (χ4v) is 8.55. The lowest BCUT2D eigenvalue weighted by Gasteiger charge is -2.18. The maximum atomic E-state index is 12.8. The van der Waals surface area contributed by atoms with Crippen molar-refractivity contribution >= 4 is 17.9 Å². The molecule has 0 N–H and O–H groups in total. The van der Waals surface area contributed by atoms with E-state index >= 15 is 0 Å². The number of hydrogen-bond donors (Lipinski definition) is 0. The van der Waals surface area contributed by atoms with Gasteiger partial charge in [0.2, 0.25) is 0 Å². The van der Waals surface area contributed by atoms with Gasteiger partial charge in [-0.25, -0.2) is 0 Å². The van der Waals surface area contributed by atoms with Crippen molar-refractivity contribution in [1.29, 1.82) is 0 Å². The molecule has 0 heterocycles. The summed E-state index contributed by atoms with van der Waals surface area (Å²) in [6.45, 7) is 6.52. The Labute approximate surface area is 428 Å². The predicted octanol–water partition coefficient (Wildman–Crippen LogP) is 20.0. The van der Waals surface area contributed by atoms with Crippen LogP contribution in [0.2, 0.25) is 0 Å². The van der Waals surface area contributed by atoms with Crippen molar-refractivity contribution in [1.82, 2.24) is 0 Å². The van der Waals surface area contributed by atoms with Crippen LogP contribution in [0.5, 0.6) is 0 Å². The van der Waals surface area contributed by atoms with E-state index in [1.54, 1.807) is 0 Å². The average molecular weight is 966 g/mol. The summed E-state index contributed by atoms with van der Waals surface area (Å²) in [5, 5.41) is 0. The maximum Gasteiger partial charge on any atom is 0.306 e. The van der Waals surface area contributed by atoms with Gasteiger partial charge in [-0.15, -0.1) is 0 Å².